The third kappa shape index (κ3) is 4.42. The Balaban J connectivity index is 2.16. The number of hydrogen-bond acceptors (Lipinski definition) is 2. The van der Waals surface area contributed by atoms with E-state index in [-0.39, 0.29) is 13.2 Å². The standard InChI is InChI=1S/C14H12Br2O2Se2/c15-11-1-3-13(9(5-11)7-17)19-20-14-4-2-12(16)6-10(14)8-18/h1-6,17-18H,7-8H2. The first kappa shape index (κ1) is 16.7. The molecule has 0 aliphatic carbocycles. The molecule has 0 fully saturated rings. The maximum atomic E-state index is 9.43. The molecule has 0 atom stereocenters. The third-order valence-corrected chi connectivity index (χ3v) is 11.0. The van der Waals surface area contributed by atoms with E-state index in [2.05, 4.69) is 44.0 Å². The third-order valence-electron chi connectivity index (χ3n) is 2.61. The second kappa shape index (κ2) is 8.11. The molecule has 0 saturated heterocycles. The van der Waals surface area contributed by atoms with Crippen molar-refractivity contribution in [1.82, 2.24) is 0 Å². The van der Waals surface area contributed by atoms with Gasteiger partial charge in [0.1, 0.15) is 0 Å². The molecule has 0 aliphatic heterocycles. The van der Waals surface area contributed by atoms with Crippen LogP contribution in [0.15, 0.2) is 45.3 Å². The van der Waals surface area contributed by atoms with Crippen LogP contribution in [-0.2, 0) is 13.2 Å². The average Bonchev–Trinajstić information content (AvgIpc) is 2.46. The Kier molecular flexibility index (Phi) is 6.78. The molecule has 0 heterocycles. The molecule has 2 rings (SSSR count). The maximum absolute atomic E-state index is 9.43. The summed E-state index contributed by atoms with van der Waals surface area (Å²) in [5.41, 5.74) is 1.98. The van der Waals surface area contributed by atoms with Gasteiger partial charge < -0.3 is 0 Å². The molecule has 0 aromatic heterocycles. The van der Waals surface area contributed by atoms with Crippen molar-refractivity contribution >= 4 is 67.0 Å². The van der Waals surface area contributed by atoms with Crippen molar-refractivity contribution in [2.24, 2.45) is 0 Å². The van der Waals surface area contributed by atoms with E-state index < -0.39 is 0 Å². The Morgan fingerprint density at radius 3 is 1.50 bits per heavy atom. The zero-order valence-corrected chi connectivity index (χ0v) is 16.9. The van der Waals surface area contributed by atoms with Crippen molar-refractivity contribution < 1.29 is 10.2 Å². The summed E-state index contributed by atoms with van der Waals surface area (Å²) in [5, 5.41) is 18.9. The Hall–Kier alpha value is 0.359. The molecule has 0 bridgehead atoms. The summed E-state index contributed by atoms with van der Waals surface area (Å²) in [4.78, 5) is 0. The van der Waals surface area contributed by atoms with E-state index in [1.807, 2.05) is 24.3 Å². The molecule has 6 heteroatoms. The first-order valence-electron chi connectivity index (χ1n) is 5.77. The van der Waals surface area contributed by atoms with Gasteiger partial charge >= 0.3 is 147 Å². The van der Waals surface area contributed by atoms with Crippen LogP contribution < -0.4 is 8.92 Å². The van der Waals surface area contributed by atoms with Gasteiger partial charge in [0.05, 0.1) is 0 Å². The zero-order valence-electron chi connectivity index (χ0n) is 10.3. The van der Waals surface area contributed by atoms with Crippen LogP contribution in [0.25, 0.3) is 0 Å². The van der Waals surface area contributed by atoms with Crippen LogP contribution in [0.3, 0.4) is 0 Å². The van der Waals surface area contributed by atoms with Crippen LogP contribution in [0.4, 0.5) is 0 Å². The van der Waals surface area contributed by atoms with Gasteiger partial charge in [0.2, 0.25) is 0 Å². The zero-order chi connectivity index (χ0) is 14.5. The molecule has 0 radical (unpaired) electrons. The van der Waals surface area contributed by atoms with Gasteiger partial charge in [0.25, 0.3) is 0 Å². The van der Waals surface area contributed by atoms with Gasteiger partial charge in [-0.3, -0.25) is 0 Å². The van der Waals surface area contributed by atoms with Gasteiger partial charge in [-0.05, 0) is 0 Å². The minimum absolute atomic E-state index is 0.0692. The van der Waals surface area contributed by atoms with E-state index in [0.717, 1.165) is 20.1 Å². The van der Waals surface area contributed by atoms with Crippen molar-refractivity contribution in [1.29, 1.82) is 0 Å². The molecule has 0 aliphatic rings. The van der Waals surface area contributed by atoms with Gasteiger partial charge in [-0.1, -0.05) is 0 Å². The number of aliphatic hydroxyl groups is 2. The molecular formula is C14H12Br2O2Se2. The summed E-state index contributed by atoms with van der Waals surface area (Å²) in [7, 11) is 0. The molecule has 20 heavy (non-hydrogen) atoms. The molecular weight excluding hydrogens is 518 g/mol. The Morgan fingerprint density at radius 2 is 1.15 bits per heavy atom. The van der Waals surface area contributed by atoms with Crippen molar-refractivity contribution in [3.8, 4) is 0 Å². The minimum atomic E-state index is 0.0692. The van der Waals surface area contributed by atoms with E-state index >= 15 is 0 Å². The Bertz CT molecular complexity index is 552. The summed E-state index contributed by atoms with van der Waals surface area (Å²) in [5.74, 6) is 0. The van der Waals surface area contributed by atoms with Crippen molar-refractivity contribution in [3.63, 3.8) is 0 Å². The first-order valence-corrected chi connectivity index (χ1v) is 13.4. The van der Waals surface area contributed by atoms with Gasteiger partial charge in [0.15, 0.2) is 0 Å². The molecule has 2 N–H and O–H groups in total. The monoisotopic (exact) mass is 530 g/mol. The van der Waals surface area contributed by atoms with Gasteiger partial charge in [-0.2, -0.15) is 0 Å². The average molecular weight is 530 g/mol. The van der Waals surface area contributed by atoms with Crippen molar-refractivity contribution in [2.75, 3.05) is 0 Å². The predicted octanol–water partition coefficient (Wildman–Crippen LogP) is 1.47. The summed E-state index contributed by atoms with van der Waals surface area (Å²) in [6.07, 6.45) is 0. The normalized spacial score (nSPS) is 10.8. The Labute approximate surface area is 146 Å². The van der Waals surface area contributed by atoms with Crippen LogP contribution in [-0.4, -0.2) is 36.5 Å². The number of halogens is 2. The fourth-order valence-electron chi connectivity index (χ4n) is 1.60. The predicted molar refractivity (Wildman–Crippen MR) is 90.9 cm³/mol. The SMILES string of the molecule is OCc1cc(Br)ccc1[Se][Se]c1ccc(Br)cc1CO. The van der Waals surface area contributed by atoms with Crippen molar-refractivity contribution in [2.45, 2.75) is 13.2 Å². The topological polar surface area (TPSA) is 40.5 Å². The molecule has 2 aromatic carbocycles. The van der Waals surface area contributed by atoms with E-state index in [9.17, 15) is 10.2 Å². The van der Waals surface area contributed by atoms with Crippen molar-refractivity contribution in [3.05, 3.63) is 56.5 Å². The van der Waals surface area contributed by atoms with Crippen LogP contribution in [0, 0.1) is 0 Å². The van der Waals surface area contributed by atoms with E-state index in [1.54, 1.807) is 0 Å². The summed E-state index contributed by atoms with van der Waals surface area (Å²) < 4.78 is 4.45. The molecule has 2 nitrogen and oxygen atoms in total. The van der Waals surface area contributed by atoms with E-state index in [1.165, 1.54) is 8.92 Å². The summed E-state index contributed by atoms with van der Waals surface area (Å²) in [6, 6.07) is 12.1. The number of rotatable bonds is 5. The summed E-state index contributed by atoms with van der Waals surface area (Å²) >= 11 is 7.44. The number of benzene rings is 2. The second-order valence-corrected chi connectivity index (χ2v) is 12.0. The first-order chi connectivity index (χ1) is 9.63. The fraction of sp³-hybridized carbons (Fsp3) is 0.143. The van der Waals surface area contributed by atoms with Gasteiger partial charge in [0, 0.05) is 0 Å². The molecule has 0 unspecified atom stereocenters. The van der Waals surface area contributed by atoms with E-state index in [4.69, 9.17) is 0 Å². The molecule has 2 aromatic rings. The molecule has 0 saturated carbocycles. The Morgan fingerprint density at radius 1 is 0.750 bits per heavy atom. The number of aliphatic hydroxyl groups excluding tert-OH is 2. The number of hydrogen-bond donors (Lipinski definition) is 2. The van der Waals surface area contributed by atoms with Crippen LogP contribution in [0.1, 0.15) is 11.1 Å². The molecule has 0 spiro atoms. The van der Waals surface area contributed by atoms with Crippen LogP contribution >= 0.6 is 31.9 Å². The van der Waals surface area contributed by atoms with Crippen LogP contribution in [0.2, 0.25) is 0 Å². The van der Waals surface area contributed by atoms with Crippen LogP contribution in [0.5, 0.6) is 0 Å². The molecule has 106 valence electrons. The quantitative estimate of drug-likeness (QED) is 0.576. The van der Waals surface area contributed by atoms with E-state index in [0.29, 0.717) is 26.3 Å². The van der Waals surface area contributed by atoms with Gasteiger partial charge in [-0.25, -0.2) is 0 Å². The second-order valence-electron chi connectivity index (χ2n) is 3.99. The fourth-order valence-corrected chi connectivity index (χ4v) is 9.78. The summed E-state index contributed by atoms with van der Waals surface area (Å²) in [6.45, 7) is 0.138. The van der Waals surface area contributed by atoms with Gasteiger partial charge in [-0.15, -0.1) is 0 Å². The molecule has 0 amide bonds.